The van der Waals surface area contributed by atoms with E-state index in [1.54, 1.807) is 6.08 Å². The maximum Gasteiger partial charge on any atom is 0.119 e. The molecule has 1 aromatic carbocycles. The van der Waals surface area contributed by atoms with Gasteiger partial charge in [0.2, 0.25) is 0 Å². The fourth-order valence-electron chi connectivity index (χ4n) is 5.03. The Labute approximate surface area is 159 Å². The van der Waals surface area contributed by atoms with Gasteiger partial charge in [-0.05, 0) is 99.7 Å². The summed E-state index contributed by atoms with van der Waals surface area (Å²) in [5.41, 5.74) is 1.49. The van der Waals surface area contributed by atoms with Crippen LogP contribution in [0.3, 0.4) is 0 Å². The summed E-state index contributed by atoms with van der Waals surface area (Å²) in [6.07, 6.45) is 15.7. The molecule has 2 saturated carbocycles. The van der Waals surface area contributed by atoms with E-state index in [9.17, 15) is 4.39 Å². The second-order valence-corrected chi connectivity index (χ2v) is 8.40. The highest BCUT2D eigenvalue weighted by molar-refractivity contribution is 5.29. The molecule has 0 amide bonds. The second-order valence-electron chi connectivity index (χ2n) is 8.40. The van der Waals surface area contributed by atoms with Crippen molar-refractivity contribution >= 4 is 0 Å². The smallest absolute Gasteiger partial charge is 0.119 e. The van der Waals surface area contributed by atoms with Crippen molar-refractivity contribution in [3.8, 4) is 5.75 Å². The third-order valence-electron chi connectivity index (χ3n) is 6.73. The molecule has 0 spiro atoms. The number of halogens is 1. The molecule has 1 aromatic rings. The van der Waals surface area contributed by atoms with Gasteiger partial charge in [0.1, 0.15) is 5.75 Å². The molecule has 0 saturated heterocycles. The van der Waals surface area contributed by atoms with Crippen LogP contribution in [0.15, 0.2) is 36.7 Å². The molecule has 0 atom stereocenters. The first-order valence-electron chi connectivity index (χ1n) is 10.8. The Bertz CT molecular complexity index is 534. The second kappa shape index (κ2) is 10.1. The van der Waals surface area contributed by atoms with Crippen molar-refractivity contribution in [3.05, 3.63) is 42.2 Å². The molecule has 3 rings (SSSR count). The lowest BCUT2D eigenvalue weighted by molar-refractivity contribution is 0.245. The van der Waals surface area contributed by atoms with E-state index in [1.165, 1.54) is 69.8 Å². The van der Waals surface area contributed by atoms with Crippen molar-refractivity contribution in [2.75, 3.05) is 6.61 Å². The molecule has 2 heteroatoms. The predicted octanol–water partition coefficient (Wildman–Crippen LogP) is 7.43. The van der Waals surface area contributed by atoms with Crippen molar-refractivity contribution in [3.63, 3.8) is 0 Å². The highest BCUT2D eigenvalue weighted by atomic mass is 19.1. The number of allylic oxidation sites excluding steroid dienone is 1. The van der Waals surface area contributed by atoms with Gasteiger partial charge < -0.3 is 4.74 Å². The molecular formula is C24H35FO. The number of hydrogen-bond acceptors (Lipinski definition) is 1. The Kier molecular flexibility index (Phi) is 7.58. The molecule has 2 aliphatic rings. The largest absolute Gasteiger partial charge is 0.494 e. The predicted molar refractivity (Wildman–Crippen MR) is 107 cm³/mol. The summed E-state index contributed by atoms with van der Waals surface area (Å²) in [6.45, 7) is 2.76. The SMILES string of the molecule is CCOc1ccc([C@H]2CC[C@H](CC[C@H]3CC[C@H](C=CF)CC3)CC2)cc1. The molecule has 0 aliphatic heterocycles. The van der Waals surface area contributed by atoms with Crippen LogP contribution in [0, 0.1) is 17.8 Å². The molecule has 0 radical (unpaired) electrons. The van der Waals surface area contributed by atoms with Gasteiger partial charge in [-0.1, -0.05) is 31.1 Å². The molecule has 0 aromatic heterocycles. The number of rotatable bonds is 7. The summed E-state index contributed by atoms with van der Waals surface area (Å²) < 4.78 is 17.8. The summed E-state index contributed by atoms with van der Waals surface area (Å²) >= 11 is 0. The summed E-state index contributed by atoms with van der Waals surface area (Å²) in [5, 5.41) is 0. The van der Waals surface area contributed by atoms with Crippen LogP contribution < -0.4 is 4.74 Å². The Morgan fingerprint density at radius 2 is 1.46 bits per heavy atom. The van der Waals surface area contributed by atoms with Gasteiger partial charge in [-0.2, -0.15) is 0 Å². The normalized spacial score (nSPS) is 29.8. The molecule has 0 unspecified atom stereocenters. The van der Waals surface area contributed by atoms with E-state index in [-0.39, 0.29) is 0 Å². The van der Waals surface area contributed by atoms with Gasteiger partial charge in [-0.15, -0.1) is 0 Å². The number of hydrogen-bond donors (Lipinski definition) is 0. The number of benzene rings is 1. The van der Waals surface area contributed by atoms with E-state index < -0.39 is 0 Å². The van der Waals surface area contributed by atoms with Crippen LogP contribution in [0.4, 0.5) is 4.39 Å². The molecule has 1 nitrogen and oxygen atoms in total. The van der Waals surface area contributed by atoms with Crippen LogP contribution in [0.25, 0.3) is 0 Å². The fourth-order valence-corrected chi connectivity index (χ4v) is 5.03. The van der Waals surface area contributed by atoms with Crippen molar-refractivity contribution in [1.29, 1.82) is 0 Å². The van der Waals surface area contributed by atoms with Crippen LogP contribution >= 0.6 is 0 Å². The van der Waals surface area contributed by atoms with E-state index in [1.807, 2.05) is 6.92 Å². The molecular weight excluding hydrogens is 323 g/mol. The fraction of sp³-hybridized carbons (Fsp3) is 0.667. The van der Waals surface area contributed by atoms with Gasteiger partial charge in [-0.25, -0.2) is 4.39 Å². The van der Waals surface area contributed by atoms with E-state index in [2.05, 4.69) is 24.3 Å². The Morgan fingerprint density at radius 3 is 2.00 bits per heavy atom. The van der Waals surface area contributed by atoms with Crippen LogP contribution in [-0.4, -0.2) is 6.61 Å². The van der Waals surface area contributed by atoms with E-state index in [0.717, 1.165) is 36.4 Å². The third kappa shape index (κ3) is 5.59. The maximum atomic E-state index is 12.3. The Balaban J connectivity index is 1.36. The molecule has 26 heavy (non-hydrogen) atoms. The van der Waals surface area contributed by atoms with Gasteiger partial charge in [0.15, 0.2) is 0 Å². The summed E-state index contributed by atoms with van der Waals surface area (Å²) in [4.78, 5) is 0. The Morgan fingerprint density at radius 1 is 0.885 bits per heavy atom. The molecule has 0 bridgehead atoms. The minimum absolute atomic E-state index is 0.501. The highest BCUT2D eigenvalue weighted by Crippen LogP contribution is 2.40. The zero-order valence-corrected chi connectivity index (χ0v) is 16.3. The monoisotopic (exact) mass is 358 g/mol. The third-order valence-corrected chi connectivity index (χ3v) is 6.73. The van der Waals surface area contributed by atoms with Crippen LogP contribution in [-0.2, 0) is 0 Å². The lowest BCUT2D eigenvalue weighted by atomic mass is 9.74. The average molecular weight is 359 g/mol. The quantitative estimate of drug-likeness (QED) is 0.492. The minimum Gasteiger partial charge on any atom is -0.494 e. The zero-order valence-electron chi connectivity index (χ0n) is 16.3. The topological polar surface area (TPSA) is 9.23 Å². The molecule has 2 fully saturated rings. The minimum atomic E-state index is 0.501. The van der Waals surface area contributed by atoms with Crippen LogP contribution in [0.2, 0.25) is 0 Å². The summed E-state index contributed by atoms with van der Waals surface area (Å²) in [6, 6.07) is 8.78. The number of ether oxygens (including phenoxy) is 1. The highest BCUT2D eigenvalue weighted by Gasteiger charge is 2.24. The van der Waals surface area contributed by atoms with Crippen molar-refractivity contribution < 1.29 is 9.13 Å². The van der Waals surface area contributed by atoms with E-state index in [4.69, 9.17) is 4.74 Å². The zero-order chi connectivity index (χ0) is 18.2. The van der Waals surface area contributed by atoms with Gasteiger partial charge >= 0.3 is 0 Å². The molecule has 144 valence electrons. The maximum absolute atomic E-state index is 12.3. The Hall–Kier alpha value is -1.31. The van der Waals surface area contributed by atoms with Crippen molar-refractivity contribution in [2.45, 2.75) is 77.0 Å². The van der Waals surface area contributed by atoms with Gasteiger partial charge in [0, 0.05) is 0 Å². The van der Waals surface area contributed by atoms with Gasteiger partial charge in [-0.3, -0.25) is 0 Å². The lowest BCUT2D eigenvalue weighted by Crippen LogP contribution is -2.17. The van der Waals surface area contributed by atoms with Crippen molar-refractivity contribution in [2.24, 2.45) is 17.8 Å². The summed E-state index contributed by atoms with van der Waals surface area (Å²) in [5.74, 6) is 4.05. The van der Waals surface area contributed by atoms with E-state index >= 15 is 0 Å². The summed E-state index contributed by atoms with van der Waals surface area (Å²) in [7, 11) is 0. The lowest BCUT2D eigenvalue weighted by Gasteiger charge is -2.31. The average Bonchev–Trinajstić information content (AvgIpc) is 2.69. The first-order valence-corrected chi connectivity index (χ1v) is 10.8. The van der Waals surface area contributed by atoms with Gasteiger partial charge in [0.25, 0.3) is 0 Å². The standard InChI is InChI=1S/C24H35FO/c1-2-26-24-15-13-23(14-16-24)22-11-9-20(10-12-22)4-3-19-5-7-21(8-6-19)17-18-25/h13-22H,2-12H2,1H3/t19-,20-,21-,22-. The van der Waals surface area contributed by atoms with Crippen LogP contribution in [0.5, 0.6) is 5.75 Å². The molecule has 2 aliphatic carbocycles. The van der Waals surface area contributed by atoms with Crippen molar-refractivity contribution in [1.82, 2.24) is 0 Å². The molecule has 0 heterocycles. The first-order chi connectivity index (χ1) is 12.8. The van der Waals surface area contributed by atoms with Gasteiger partial charge in [0.05, 0.1) is 12.9 Å². The van der Waals surface area contributed by atoms with E-state index in [0.29, 0.717) is 5.92 Å². The van der Waals surface area contributed by atoms with Crippen LogP contribution in [0.1, 0.15) is 82.6 Å². The molecule has 0 N–H and O–H groups in total. The first kappa shape index (κ1) is 19.5.